The van der Waals surface area contributed by atoms with Crippen molar-refractivity contribution in [2.24, 2.45) is 5.73 Å². The van der Waals surface area contributed by atoms with E-state index in [-0.39, 0.29) is 12.0 Å². The Morgan fingerprint density at radius 3 is 2.77 bits per heavy atom. The molecule has 134 valence electrons. The third kappa shape index (κ3) is 4.09. The predicted octanol–water partition coefficient (Wildman–Crippen LogP) is 2.37. The van der Waals surface area contributed by atoms with Gasteiger partial charge in [0, 0.05) is 18.3 Å². The summed E-state index contributed by atoms with van der Waals surface area (Å²) in [7, 11) is 0. The lowest BCUT2D eigenvalue weighted by Gasteiger charge is -2.07. The van der Waals surface area contributed by atoms with Crippen molar-refractivity contribution in [2.45, 2.75) is 13.0 Å². The Morgan fingerprint density at radius 2 is 1.96 bits per heavy atom. The average molecular weight is 371 g/mol. The molecule has 2 heterocycles. The van der Waals surface area contributed by atoms with Gasteiger partial charge in [-0.3, -0.25) is 14.4 Å². The summed E-state index contributed by atoms with van der Waals surface area (Å²) in [6.45, 7) is 0.0477. The minimum atomic E-state index is -0.627. The number of carbonyl (C=O) groups excluding carboxylic acids is 3. The van der Waals surface area contributed by atoms with Crippen LogP contribution in [0.5, 0.6) is 0 Å². The second-order valence-electron chi connectivity index (χ2n) is 5.55. The number of hydrogen-bond donors (Lipinski definition) is 2. The Morgan fingerprint density at radius 1 is 1.15 bits per heavy atom. The van der Waals surface area contributed by atoms with Crippen LogP contribution in [0.2, 0.25) is 0 Å². The van der Waals surface area contributed by atoms with Crippen LogP contribution in [-0.4, -0.2) is 29.0 Å². The highest BCUT2D eigenvalue weighted by Crippen LogP contribution is 2.22. The van der Waals surface area contributed by atoms with Crippen LogP contribution in [-0.2, 0) is 20.9 Å². The number of carbonyl (C=O) groups is 3. The molecule has 0 aliphatic rings. The highest BCUT2D eigenvalue weighted by molar-refractivity contribution is 7.14. The number of rotatable bonds is 7. The number of esters is 1. The van der Waals surface area contributed by atoms with Crippen molar-refractivity contribution in [3.8, 4) is 0 Å². The standard InChI is InChI=1S/C18H17N3O4S/c19-17(24)13-7-10-26-18(13)20-15(22)11-25-16(23)6-9-21-8-5-12-3-1-2-4-14(12)21/h1-5,7-8,10H,6,9,11H2,(H2,19,24)(H,20,22). The van der Waals surface area contributed by atoms with Gasteiger partial charge in [0.2, 0.25) is 0 Å². The van der Waals surface area contributed by atoms with Gasteiger partial charge in [-0.2, -0.15) is 0 Å². The molecular weight excluding hydrogens is 354 g/mol. The summed E-state index contributed by atoms with van der Waals surface area (Å²) in [4.78, 5) is 34.9. The fourth-order valence-electron chi connectivity index (χ4n) is 2.53. The lowest BCUT2D eigenvalue weighted by atomic mass is 10.2. The number of nitrogens with zero attached hydrogens (tertiary/aromatic N) is 1. The van der Waals surface area contributed by atoms with Gasteiger partial charge in [0.25, 0.3) is 11.8 Å². The molecule has 0 aliphatic carbocycles. The summed E-state index contributed by atoms with van der Waals surface area (Å²) >= 11 is 1.17. The molecule has 8 heteroatoms. The number of aromatic nitrogens is 1. The zero-order valence-corrected chi connectivity index (χ0v) is 14.6. The average Bonchev–Trinajstić information content (AvgIpc) is 3.25. The molecule has 0 saturated heterocycles. The van der Waals surface area contributed by atoms with Crippen LogP contribution in [0.15, 0.2) is 48.0 Å². The highest BCUT2D eigenvalue weighted by Gasteiger charge is 2.14. The molecule has 7 nitrogen and oxygen atoms in total. The number of anilines is 1. The van der Waals surface area contributed by atoms with E-state index in [0.717, 1.165) is 10.9 Å². The summed E-state index contributed by atoms with van der Waals surface area (Å²) in [6, 6.07) is 11.4. The number of benzene rings is 1. The number of aryl methyl sites for hydroxylation is 1. The lowest BCUT2D eigenvalue weighted by molar-refractivity contribution is -0.147. The third-order valence-electron chi connectivity index (χ3n) is 3.78. The van der Waals surface area contributed by atoms with Gasteiger partial charge >= 0.3 is 5.97 Å². The van der Waals surface area contributed by atoms with E-state index in [4.69, 9.17) is 10.5 Å². The van der Waals surface area contributed by atoms with Crippen LogP contribution in [0.1, 0.15) is 16.8 Å². The van der Waals surface area contributed by atoms with Crippen LogP contribution in [0.4, 0.5) is 5.00 Å². The number of nitrogens with one attached hydrogen (secondary N) is 1. The minimum absolute atomic E-state index is 0.150. The molecule has 2 aromatic heterocycles. The van der Waals surface area contributed by atoms with Crippen LogP contribution in [0.25, 0.3) is 10.9 Å². The molecule has 0 fully saturated rings. The summed E-state index contributed by atoms with van der Waals surface area (Å²) in [5.74, 6) is -1.62. The van der Waals surface area contributed by atoms with E-state index in [1.54, 1.807) is 5.38 Å². The predicted molar refractivity (Wildman–Crippen MR) is 99.0 cm³/mol. The number of amides is 2. The molecule has 3 aromatic rings. The maximum absolute atomic E-state index is 11.9. The molecule has 3 N–H and O–H groups in total. The number of hydrogen-bond acceptors (Lipinski definition) is 5. The van der Waals surface area contributed by atoms with Gasteiger partial charge in [-0.1, -0.05) is 18.2 Å². The molecule has 0 aliphatic heterocycles. The van der Waals surface area contributed by atoms with E-state index < -0.39 is 24.4 Å². The van der Waals surface area contributed by atoms with Crippen molar-refractivity contribution in [3.05, 3.63) is 53.5 Å². The lowest BCUT2D eigenvalue weighted by Crippen LogP contribution is -2.22. The van der Waals surface area contributed by atoms with E-state index in [1.807, 2.05) is 41.1 Å². The molecule has 0 saturated carbocycles. The minimum Gasteiger partial charge on any atom is -0.456 e. The first kappa shape index (κ1) is 17.7. The Labute approximate surface area is 153 Å². The van der Waals surface area contributed by atoms with Crippen molar-refractivity contribution in [1.82, 2.24) is 4.57 Å². The van der Waals surface area contributed by atoms with E-state index >= 15 is 0 Å². The van der Waals surface area contributed by atoms with Gasteiger partial charge in [-0.25, -0.2) is 0 Å². The molecule has 0 spiro atoms. The molecule has 26 heavy (non-hydrogen) atoms. The number of ether oxygens (including phenoxy) is 1. The quantitative estimate of drug-likeness (QED) is 0.622. The fraction of sp³-hybridized carbons (Fsp3) is 0.167. The zero-order valence-electron chi connectivity index (χ0n) is 13.8. The van der Waals surface area contributed by atoms with E-state index in [2.05, 4.69) is 5.32 Å². The first-order valence-corrected chi connectivity index (χ1v) is 8.79. The molecule has 0 unspecified atom stereocenters. The molecular formula is C18H17N3O4S. The first-order valence-electron chi connectivity index (χ1n) is 7.91. The summed E-state index contributed by atoms with van der Waals surface area (Å²) in [6.07, 6.45) is 2.06. The SMILES string of the molecule is NC(=O)c1ccsc1NC(=O)COC(=O)CCn1ccc2ccccc21. The van der Waals surface area contributed by atoms with Crippen LogP contribution < -0.4 is 11.1 Å². The number of thiophene rings is 1. The number of nitrogens with two attached hydrogens (primary N) is 1. The van der Waals surface area contributed by atoms with Gasteiger partial charge in [-0.15, -0.1) is 11.3 Å². The Bertz CT molecular complexity index is 960. The second kappa shape index (κ2) is 7.83. The number of fused-ring (bicyclic) bond motifs is 1. The van der Waals surface area contributed by atoms with Gasteiger partial charge in [0.15, 0.2) is 6.61 Å². The summed E-state index contributed by atoms with van der Waals surface area (Å²) in [5.41, 5.74) is 6.48. The summed E-state index contributed by atoms with van der Waals surface area (Å²) < 4.78 is 6.95. The largest absolute Gasteiger partial charge is 0.456 e. The first-order chi connectivity index (χ1) is 12.5. The molecule has 0 bridgehead atoms. The Balaban J connectivity index is 1.47. The van der Waals surface area contributed by atoms with Crippen molar-refractivity contribution in [1.29, 1.82) is 0 Å². The Hall–Kier alpha value is -3.13. The normalized spacial score (nSPS) is 10.6. The van der Waals surface area contributed by atoms with Gasteiger partial charge in [0.05, 0.1) is 12.0 Å². The van der Waals surface area contributed by atoms with E-state index in [9.17, 15) is 14.4 Å². The maximum Gasteiger partial charge on any atom is 0.308 e. The molecule has 1 aromatic carbocycles. The van der Waals surface area contributed by atoms with Crippen molar-refractivity contribution < 1.29 is 19.1 Å². The topological polar surface area (TPSA) is 103 Å². The van der Waals surface area contributed by atoms with Crippen molar-refractivity contribution >= 4 is 45.0 Å². The maximum atomic E-state index is 11.9. The van der Waals surface area contributed by atoms with Gasteiger partial charge < -0.3 is 20.4 Å². The van der Waals surface area contributed by atoms with E-state index in [0.29, 0.717) is 11.5 Å². The number of primary amides is 1. The third-order valence-corrected chi connectivity index (χ3v) is 4.61. The number of para-hydroxylation sites is 1. The van der Waals surface area contributed by atoms with Gasteiger partial charge in [0.1, 0.15) is 5.00 Å². The van der Waals surface area contributed by atoms with Crippen molar-refractivity contribution in [2.75, 3.05) is 11.9 Å². The monoisotopic (exact) mass is 371 g/mol. The molecule has 2 amide bonds. The van der Waals surface area contributed by atoms with Gasteiger partial charge in [-0.05, 0) is 29.0 Å². The Kier molecular flexibility index (Phi) is 5.33. The van der Waals surface area contributed by atoms with Crippen molar-refractivity contribution in [3.63, 3.8) is 0 Å². The van der Waals surface area contributed by atoms with E-state index in [1.165, 1.54) is 17.4 Å². The molecule has 0 atom stereocenters. The van der Waals surface area contributed by atoms with Crippen LogP contribution in [0, 0.1) is 0 Å². The summed E-state index contributed by atoms with van der Waals surface area (Å²) in [5, 5.41) is 5.60. The molecule has 3 rings (SSSR count). The second-order valence-corrected chi connectivity index (χ2v) is 6.47. The zero-order chi connectivity index (χ0) is 18.5. The van der Waals surface area contributed by atoms with Crippen LogP contribution in [0.3, 0.4) is 0 Å². The van der Waals surface area contributed by atoms with Crippen LogP contribution >= 0.6 is 11.3 Å². The molecule has 0 radical (unpaired) electrons. The smallest absolute Gasteiger partial charge is 0.308 e. The highest BCUT2D eigenvalue weighted by atomic mass is 32.1. The fourth-order valence-corrected chi connectivity index (χ4v) is 3.34.